The van der Waals surface area contributed by atoms with E-state index in [1.54, 1.807) is 43.3 Å². The smallest absolute Gasteiger partial charge is 0.271 e. The van der Waals surface area contributed by atoms with E-state index in [9.17, 15) is 9.59 Å². The Hall–Kier alpha value is -2.58. The molecule has 9 heteroatoms. The van der Waals surface area contributed by atoms with E-state index in [1.165, 1.54) is 6.21 Å². The molecule has 0 spiro atoms. The van der Waals surface area contributed by atoms with Crippen molar-refractivity contribution < 1.29 is 19.1 Å². The fraction of sp³-hybridized carbons (Fsp3) is 0.167. The predicted octanol–water partition coefficient (Wildman–Crippen LogP) is 3.13. The molecule has 0 aliphatic carbocycles. The summed E-state index contributed by atoms with van der Waals surface area (Å²) < 4.78 is 11.7. The first-order valence-corrected chi connectivity index (χ1v) is 9.04. The number of amides is 2. The second-order valence-corrected chi connectivity index (χ2v) is 6.55. The van der Waals surface area contributed by atoms with Crippen LogP contribution in [0.1, 0.15) is 22.8 Å². The van der Waals surface area contributed by atoms with Gasteiger partial charge in [-0.05, 0) is 48.9 Å². The number of carbonyl (C=O) groups excluding carboxylic acids is 2. The SMILES string of the molecule is CCOc1cc(/C=N/NC(=O)c2ccc(Br)cc2)cc(Cl)c1OCC(N)=O. The number of halogens is 2. The minimum atomic E-state index is -0.630. The van der Waals surface area contributed by atoms with Crippen molar-refractivity contribution in [3.8, 4) is 11.5 Å². The highest BCUT2D eigenvalue weighted by atomic mass is 79.9. The summed E-state index contributed by atoms with van der Waals surface area (Å²) >= 11 is 9.50. The van der Waals surface area contributed by atoms with E-state index in [-0.39, 0.29) is 23.3 Å². The van der Waals surface area contributed by atoms with Crippen LogP contribution in [-0.2, 0) is 4.79 Å². The third-order valence-corrected chi connectivity index (χ3v) is 3.99. The third-order valence-electron chi connectivity index (χ3n) is 3.18. The number of hydrogen-bond acceptors (Lipinski definition) is 5. The molecule has 0 unspecified atom stereocenters. The number of rotatable bonds is 8. The molecular formula is C18H17BrClN3O4. The molecule has 0 atom stereocenters. The first kappa shape index (κ1) is 20.7. The van der Waals surface area contributed by atoms with Gasteiger partial charge in [-0.3, -0.25) is 9.59 Å². The maximum Gasteiger partial charge on any atom is 0.271 e. The van der Waals surface area contributed by atoms with Crippen molar-refractivity contribution in [3.63, 3.8) is 0 Å². The van der Waals surface area contributed by atoms with Crippen LogP contribution in [-0.4, -0.2) is 31.2 Å². The predicted molar refractivity (Wildman–Crippen MR) is 107 cm³/mol. The molecule has 0 heterocycles. The number of ether oxygens (including phenoxy) is 2. The Balaban J connectivity index is 2.12. The zero-order valence-electron chi connectivity index (χ0n) is 14.4. The van der Waals surface area contributed by atoms with Crippen molar-refractivity contribution in [3.05, 3.63) is 57.0 Å². The largest absolute Gasteiger partial charge is 0.490 e. The van der Waals surface area contributed by atoms with Gasteiger partial charge in [0.2, 0.25) is 0 Å². The van der Waals surface area contributed by atoms with Gasteiger partial charge in [-0.25, -0.2) is 5.43 Å². The van der Waals surface area contributed by atoms with E-state index < -0.39 is 5.91 Å². The second-order valence-electron chi connectivity index (χ2n) is 5.22. The standard InChI is InChI=1S/C18H17BrClN3O4/c1-2-26-15-8-11(7-14(20)17(15)27-10-16(21)24)9-22-23-18(25)12-3-5-13(19)6-4-12/h3-9H,2,10H2,1H3,(H2,21,24)(H,23,25)/b22-9+. The van der Waals surface area contributed by atoms with Crippen LogP contribution in [0.25, 0.3) is 0 Å². The number of benzene rings is 2. The Labute approximate surface area is 169 Å². The van der Waals surface area contributed by atoms with Crippen LogP contribution in [0.4, 0.5) is 0 Å². The van der Waals surface area contributed by atoms with Gasteiger partial charge in [0.05, 0.1) is 17.8 Å². The molecule has 0 aliphatic heterocycles. The number of carbonyl (C=O) groups is 2. The molecule has 3 N–H and O–H groups in total. The molecule has 2 aromatic rings. The van der Waals surface area contributed by atoms with Crippen LogP contribution in [0.15, 0.2) is 46.0 Å². The number of hydrogen-bond donors (Lipinski definition) is 2. The lowest BCUT2D eigenvalue weighted by molar-refractivity contribution is -0.119. The van der Waals surface area contributed by atoms with Gasteiger partial charge in [0, 0.05) is 10.0 Å². The number of nitrogens with two attached hydrogens (primary N) is 1. The summed E-state index contributed by atoms with van der Waals surface area (Å²) in [7, 11) is 0. The first-order chi connectivity index (χ1) is 12.9. The Morgan fingerprint density at radius 3 is 2.59 bits per heavy atom. The fourth-order valence-electron chi connectivity index (χ4n) is 2.04. The lowest BCUT2D eigenvalue weighted by atomic mass is 10.2. The average Bonchev–Trinajstić information content (AvgIpc) is 2.61. The minimum absolute atomic E-state index is 0.216. The summed E-state index contributed by atoms with van der Waals surface area (Å²) in [6.45, 7) is 1.84. The molecule has 142 valence electrons. The Morgan fingerprint density at radius 2 is 1.96 bits per heavy atom. The normalized spacial score (nSPS) is 10.6. The van der Waals surface area contributed by atoms with E-state index in [1.807, 2.05) is 0 Å². The molecule has 0 aliphatic rings. The topological polar surface area (TPSA) is 103 Å². The van der Waals surface area contributed by atoms with Gasteiger partial charge in [-0.2, -0.15) is 5.10 Å². The van der Waals surface area contributed by atoms with E-state index in [0.29, 0.717) is 23.5 Å². The fourth-order valence-corrected chi connectivity index (χ4v) is 2.58. The maximum absolute atomic E-state index is 12.0. The molecular weight excluding hydrogens is 438 g/mol. The lowest BCUT2D eigenvalue weighted by Crippen LogP contribution is -2.20. The average molecular weight is 455 g/mol. The van der Waals surface area contributed by atoms with Gasteiger partial charge >= 0.3 is 0 Å². The van der Waals surface area contributed by atoms with Crippen molar-refractivity contribution in [2.45, 2.75) is 6.92 Å². The maximum atomic E-state index is 12.0. The van der Waals surface area contributed by atoms with Crippen LogP contribution in [0.5, 0.6) is 11.5 Å². The van der Waals surface area contributed by atoms with Crippen LogP contribution in [0.2, 0.25) is 5.02 Å². The summed E-state index contributed by atoms with van der Waals surface area (Å²) in [5.41, 5.74) is 8.56. The second kappa shape index (κ2) is 9.94. The monoisotopic (exact) mass is 453 g/mol. The number of nitrogens with one attached hydrogen (secondary N) is 1. The Morgan fingerprint density at radius 1 is 1.26 bits per heavy atom. The van der Waals surface area contributed by atoms with Crippen molar-refractivity contribution in [2.75, 3.05) is 13.2 Å². The summed E-state index contributed by atoms with van der Waals surface area (Å²) in [5, 5.41) is 4.15. The highest BCUT2D eigenvalue weighted by Gasteiger charge is 2.13. The molecule has 0 aromatic heterocycles. The summed E-state index contributed by atoms with van der Waals surface area (Å²) in [6.07, 6.45) is 1.42. The van der Waals surface area contributed by atoms with Crippen molar-refractivity contribution in [1.82, 2.24) is 5.43 Å². The molecule has 0 bridgehead atoms. The summed E-state index contributed by atoms with van der Waals surface area (Å²) in [6, 6.07) is 10.1. The summed E-state index contributed by atoms with van der Waals surface area (Å²) in [4.78, 5) is 22.9. The number of nitrogens with zero attached hydrogens (tertiary/aromatic N) is 1. The first-order valence-electron chi connectivity index (χ1n) is 7.87. The molecule has 27 heavy (non-hydrogen) atoms. The van der Waals surface area contributed by atoms with E-state index in [0.717, 1.165) is 4.47 Å². The molecule has 0 saturated heterocycles. The van der Waals surface area contributed by atoms with Gasteiger partial charge in [0.25, 0.3) is 11.8 Å². The number of primary amides is 1. The highest BCUT2D eigenvalue weighted by Crippen LogP contribution is 2.36. The van der Waals surface area contributed by atoms with Crippen LogP contribution in [0.3, 0.4) is 0 Å². The van der Waals surface area contributed by atoms with Gasteiger partial charge in [-0.1, -0.05) is 27.5 Å². The van der Waals surface area contributed by atoms with Gasteiger partial charge < -0.3 is 15.2 Å². The van der Waals surface area contributed by atoms with Crippen molar-refractivity contribution in [2.24, 2.45) is 10.8 Å². The molecule has 2 aromatic carbocycles. The van der Waals surface area contributed by atoms with Crippen LogP contribution >= 0.6 is 27.5 Å². The number of hydrazone groups is 1. The lowest BCUT2D eigenvalue weighted by Gasteiger charge is -2.13. The van der Waals surface area contributed by atoms with Crippen molar-refractivity contribution in [1.29, 1.82) is 0 Å². The highest BCUT2D eigenvalue weighted by molar-refractivity contribution is 9.10. The van der Waals surface area contributed by atoms with Gasteiger partial charge in [-0.15, -0.1) is 0 Å². The van der Waals surface area contributed by atoms with E-state index in [2.05, 4.69) is 26.5 Å². The Bertz CT molecular complexity index is 856. The molecule has 0 fully saturated rings. The molecule has 7 nitrogen and oxygen atoms in total. The zero-order valence-corrected chi connectivity index (χ0v) is 16.7. The van der Waals surface area contributed by atoms with Crippen molar-refractivity contribution >= 4 is 45.6 Å². The van der Waals surface area contributed by atoms with Gasteiger partial charge in [0.1, 0.15) is 0 Å². The minimum Gasteiger partial charge on any atom is -0.490 e. The molecule has 0 saturated carbocycles. The van der Waals surface area contributed by atoms with Crippen LogP contribution in [0, 0.1) is 0 Å². The third kappa shape index (κ3) is 6.26. The summed E-state index contributed by atoms with van der Waals surface area (Å²) in [5.74, 6) is -0.425. The quantitative estimate of drug-likeness (QED) is 0.472. The van der Waals surface area contributed by atoms with E-state index in [4.69, 9.17) is 26.8 Å². The Kier molecular flexibility index (Phi) is 7.63. The zero-order chi connectivity index (χ0) is 19.8. The molecule has 2 amide bonds. The van der Waals surface area contributed by atoms with Crippen LogP contribution < -0.4 is 20.6 Å². The van der Waals surface area contributed by atoms with Gasteiger partial charge in [0.15, 0.2) is 18.1 Å². The molecule has 2 rings (SSSR count). The van der Waals surface area contributed by atoms with E-state index >= 15 is 0 Å². The molecule has 0 radical (unpaired) electrons.